The standard InChI is InChI=1S/C24H41Cl2NO/c1-3-5-7-9-11-13-17-27(18-14-12-10-8-6-4-2)20-24(28)22-16-15-21(25)19-23(22)26/h15-16,19,24,28H,3-14,17-18,20H2,1-2H3/t24-/m1/s1. The molecular formula is C24H41Cl2NO. The number of aliphatic hydroxyl groups is 1. The van der Waals surface area contributed by atoms with Gasteiger partial charge in [-0.3, -0.25) is 0 Å². The van der Waals surface area contributed by atoms with Gasteiger partial charge in [0, 0.05) is 22.2 Å². The van der Waals surface area contributed by atoms with Crippen molar-refractivity contribution in [3.63, 3.8) is 0 Å². The summed E-state index contributed by atoms with van der Waals surface area (Å²) in [6, 6.07) is 5.37. The Morgan fingerprint density at radius 1 is 0.786 bits per heavy atom. The van der Waals surface area contributed by atoms with Crippen molar-refractivity contribution in [3.05, 3.63) is 33.8 Å². The molecule has 0 radical (unpaired) electrons. The zero-order valence-corrected chi connectivity index (χ0v) is 19.6. The van der Waals surface area contributed by atoms with E-state index in [4.69, 9.17) is 23.2 Å². The zero-order chi connectivity index (χ0) is 20.6. The average Bonchev–Trinajstić information content (AvgIpc) is 2.66. The second-order valence-electron chi connectivity index (χ2n) is 8.02. The molecule has 1 rings (SSSR count). The van der Waals surface area contributed by atoms with Gasteiger partial charge in [-0.25, -0.2) is 0 Å². The molecule has 0 unspecified atom stereocenters. The highest BCUT2D eigenvalue weighted by Crippen LogP contribution is 2.27. The molecular weight excluding hydrogens is 389 g/mol. The van der Waals surface area contributed by atoms with Crippen molar-refractivity contribution >= 4 is 23.2 Å². The molecule has 0 heterocycles. The van der Waals surface area contributed by atoms with Crippen LogP contribution in [0.15, 0.2) is 18.2 Å². The van der Waals surface area contributed by atoms with E-state index in [1.807, 2.05) is 6.07 Å². The molecule has 0 aromatic heterocycles. The van der Waals surface area contributed by atoms with Gasteiger partial charge in [-0.05, 0) is 38.1 Å². The lowest BCUT2D eigenvalue weighted by Crippen LogP contribution is -2.31. The van der Waals surface area contributed by atoms with Crippen molar-refractivity contribution in [3.8, 4) is 0 Å². The Bertz CT molecular complexity index is 493. The summed E-state index contributed by atoms with van der Waals surface area (Å²) in [6.45, 7) is 7.27. The van der Waals surface area contributed by atoms with Gasteiger partial charge >= 0.3 is 0 Å². The number of halogens is 2. The summed E-state index contributed by atoms with van der Waals surface area (Å²) in [4.78, 5) is 2.43. The summed E-state index contributed by atoms with van der Waals surface area (Å²) in [5, 5.41) is 11.9. The first kappa shape index (κ1) is 25.8. The molecule has 0 amide bonds. The second kappa shape index (κ2) is 16.5. The van der Waals surface area contributed by atoms with Crippen molar-refractivity contribution in [2.24, 2.45) is 0 Å². The van der Waals surface area contributed by atoms with Crippen LogP contribution in [0.25, 0.3) is 0 Å². The normalized spacial score (nSPS) is 12.6. The fraction of sp³-hybridized carbons (Fsp3) is 0.750. The Kier molecular flexibility index (Phi) is 15.2. The molecule has 0 bridgehead atoms. The third kappa shape index (κ3) is 11.7. The minimum atomic E-state index is -0.565. The molecule has 0 aliphatic heterocycles. The molecule has 0 aliphatic rings. The number of hydrogen-bond acceptors (Lipinski definition) is 2. The Morgan fingerprint density at radius 3 is 1.79 bits per heavy atom. The lowest BCUT2D eigenvalue weighted by molar-refractivity contribution is 0.110. The Morgan fingerprint density at radius 2 is 1.29 bits per heavy atom. The van der Waals surface area contributed by atoms with Gasteiger partial charge in [-0.1, -0.05) is 107 Å². The maximum atomic E-state index is 10.7. The molecule has 0 saturated carbocycles. The second-order valence-corrected chi connectivity index (χ2v) is 8.86. The largest absolute Gasteiger partial charge is 0.387 e. The van der Waals surface area contributed by atoms with E-state index in [0.717, 1.165) is 18.7 Å². The Labute approximate surface area is 183 Å². The summed E-state index contributed by atoms with van der Waals surface area (Å²) in [5.74, 6) is 0. The van der Waals surface area contributed by atoms with Crippen molar-refractivity contribution in [2.45, 2.75) is 97.0 Å². The van der Waals surface area contributed by atoms with Crippen LogP contribution in [-0.2, 0) is 0 Å². The van der Waals surface area contributed by atoms with Gasteiger partial charge in [-0.15, -0.1) is 0 Å². The van der Waals surface area contributed by atoms with Crippen LogP contribution in [0.5, 0.6) is 0 Å². The SMILES string of the molecule is CCCCCCCCN(CCCCCCCC)C[C@@H](O)c1ccc(Cl)cc1Cl. The molecule has 4 heteroatoms. The van der Waals surface area contributed by atoms with Gasteiger partial charge in [0.15, 0.2) is 0 Å². The van der Waals surface area contributed by atoms with Crippen LogP contribution < -0.4 is 0 Å². The van der Waals surface area contributed by atoms with Gasteiger partial charge in [0.2, 0.25) is 0 Å². The van der Waals surface area contributed by atoms with E-state index in [1.165, 1.54) is 77.0 Å². The molecule has 0 aliphatic carbocycles. The zero-order valence-electron chi connectivity index (χ0n) is 18.1. The van der Waals surface area contributed by atoms with Gasteiger partial charge in [-0.2, -0.15) is 0 Å². The third-order valence-electron chi connectivity index (χ3n) is 5.41. The van der Waals surface area contributed by atoms with Crippen molar-refractivity contribution in [1.82, 2.24) is 4.90 Å². The summed E-state index contributed by atoms with van der Waals surface area (Å²) in [6.07, 6.45) is 15.0. The van der Waals surface area contributed by atoms with E-state index < -0.39 is 6.10 Å². The van der Waals surface area contributed by atoms with Gasteiger partial charge in [0.25, 0.3) is 0 Å². The van der Waals surface area contributed by atoms with Crippen LogP contribution in [0.4, 0.5) is 0 Å². The molecule has 2 nitrogen and oxygen atoms in total. The van der Waals surface area contributed by atoms with Crippen LogP contribution in [0, 0.1) is 0 Å². The number of rotatable bonds is 17. The van der Waals surface area contributed by atoms with Gasteiger partial charge < -0.3 is 10.0 Å². The first-order valence-electron chi connectivity index (χ1n) is 11.4. The predicted molar refractivity (Wildman–Crippen MR) is 125 cm³/mol. The molecule has 0 spiro atoms. The van der Waals surface area contributed by atoms with Crippen LogP contribution in [0.3, 0.4) is 0 Å². The number of unbranched alkanes of at least 4 members (excludes halogenated alkanes) is 10. The van der Waals surface area contributed by atoms with Crippen molar-refractivity contribution in [2.75, 3.05) is 19.6 Å². The minimum absolute atomic E-state index is 0.555. The summed E-state index contributed by atoms with van der Waals surface area (Å²) >= 11 is 12.3. The fourth-order valence-electron chi connectivity index (χ4n) is 3.64. The molecule has 1 aromatic rings. The fourth-order valence-corrected chi connectivity index (χ4v) is 4.17. The highest BCUT2D eigenvalue weighted by molar-refractivity contribution is 6.35. The average molecular weight is 431 g/mol. The lowest BCUT2D eigenvalue weighted by Gasteiger charge is -2.26. The predicted octanol–water partition coefficient (Wildman–Crippen LogP) is 8.05. The Hall–Kier alpha value is -0.280. The molecule has 162 valence electrons. The lowest BCUT2D eigenvalue weighted by atomic mass is 10.1. The van der Waals surface area contributed by atoms with E-state index in [-0.39, 0.29) is 0 Å². The highest BCUT2D eigenvalue weighted by Gasteiger charge is 2.16. The molecule has 1 aromatic carbocycles. The van der Waals surface area contributed by atoms with E-state index >= 15 is 0 Å². The molecule has 1 N–H and O–H groups in total. The first-order valence-corrected chi connectivity index (χ1v) is 12.2. The number of benzene rings is 1. The summed E-state index contributed by atoms with van der Waals surface area (Å²) in [7, 11) is 0. The number of nitrogens with zero attached hydrogens (tertiary/aromatic N) is 1. The third-order valence-corrected chi connectivity index (χ3v) is 5.97. The Balaban J connectivity index is 2.47. The number of aliphatic hydroxyl groups excluding tert-OH is 1. The van der Waals surface area contributed by atoms with Crippen LogP contribution in [0.2, 0.25) is 10.0 Å². The minimum Gasteiger partial charge on any atom is -0.387 e. The monoisotopic (exact) mass is 429 g/mol. The van der Waals surface area contributed by atoms with Gasteiger partial charge in [0.1, 0.15) is 0 Å². The summed E-state index contributed by atoms with van der Waals surface area (Å²) < 4.78 is 0. The van der Waals surface area contributed by atoms with E-state index in [1.54, 1.807) is 12.1 Å². The van der Waals surface area contributed by atoms with Crippen LogP contribution in [0.1, 0.15) is 103 Å². The van der Waals surface area contributed by atoms with Gasteiger partial charge in [0.05, 0.1) is 6.10 Å². The van der Waals surface area contributed by atoms with E-state index in [0.29, 0.717) is 16.6 Å². The van der Waals surface area contributed by atoms with E-state index in [2.05, 4.69) is 18.7 Å². The molecule has 0 saturated heterocycles. The maximum Gasteiger partial charge on any atom is 0.0931 e. The maximum absolute atomic E-state index is 10.7. The molecule has 0 fully saturated rings. The quantitative estimate of drug-likeness (QED) is 0.253. The highest BCUT2D eigenvalue weighted by atomic mass is 35.5. The smallest absolute Gasteiger partial charge is 0.0931 e. The number of hydrogen-bond donors (Lipinski definition) is 1. The first-order chi connectivity index (χ1) is 13.6. The van der Waals surface area contributed by atoms with E-state index in [9.17, 15) is 5.11 Å². The molecule has 28 heavy (non-hydrogen) atoms. The van der Waals surface area contributed by atoms with Crippen molar-refractivity contribution < 1.29 is 5.11 Å². The van der Waals surface area contributed by atoms with Crippen LogP contribution >= 0.6 is 23.2 Å². The molecule has 1 atom stereocenters. The van der Waals surface area contributed by atoms with Crippen molar-refractivity contribution in [1.29, 1.82) is 0 Å². The topological polar surface area (TPSA) is 23.5 Å². The summed E-state index contributed by atoms with van der Waals surface area (Å²) in [5.41, 5.74) is 0.780. The van der Waals surface area contributed by atoms with Crippen LogP contribution in [-0.4, -0.2) is 29.6 Å².